The van der Waals surface area contributed by atoms with Crippen molar-refractivity contribution in [3.05, 3.63) is 0 Å². The highest BCUT2D eigenvalue weighted by molar-refractivity contribution is 4.69. The fourth-order valence-corrected chi connectivity index (χ4v) is 1.56. The van der Waals surface area contributed by atoms with Crippen LogP contribution in [-0.4, -0.2) is 49.0 Å². The third-order valence-electron chi connectivity index (χ3n) is 2.32. The molecule has 1 rings (SSSR count). The predicted molar refractivity (Wildman–Crippen MR) is 48.2 cm³/mol. The van der Waals surface area contributed by atoms with Crippen molar-refractivity contribution >= 4 is 0 Å². The zero-order valence-electron chi connectivity index (χ0n) is 7.83. The molecule has 0 aromatic rings. The van der Waals surface area contributed by atoms with Crippen molar-refractivity contribution < 1.29 is 9.84 Å². The van der Waals surface area contributed by atoms with Gasteiger partial charge in [-0.15, -0.1) is 0 Å². The van der Waals surface area contributed by atoms with E-state index < -0.39 is 0 Å². The monoisotopic (exact) mass is 173 g/mol. The van der Waals surface area contributed by atoms with Gasteiger partial charge in [0.1, 0.15) is 0 Å². The summed E-state index contributed by atoms with van der Waals surface area (Å²) in [5, 5.41) is 8.70. The number of ether oxygens (including phenoxy) is 1. The fourth-order valence-electron chi connectivity index (χ4n) is 1.56. The predicted octanol–water partition coefficient (Wildman–Crippen LogP) is 0.480. The SMILES string of the molecule is CC1COCCCN1CCCO. The van der Waals surface area contributed by atoms with Crippen molar-refractivity contribution in [2.24, 2.45) is 0 Å². The summed E-state index contributed by atoms with van der Waals surface area (Å²) in [6.45, 7) is 6.32. The maximum absolute atomic E-state index is 8.70. The summed E-state index contributed by atoms with van der Waals surface area (Å²) in [6, 6.07) is 0.513. The highest BCUT2D eigenvalue weighted by Crippen LogP contribution is 2.06. The fraction of sp³-hybridized carbons (Fsp3) is 1.00. The molecule has 1 atom stereocenters. The third-order valence-corrected chi connectivity index (χ3v) is 2.32. The Labute approximate surface area is 74.3 Å². The Hall–Kier alpha value is -0.120. The van der Waals surface area contributed by atoms with E-state index in [1.807, 2.05) is 0 Å². The van der Waals surface area contributed by atoms with E-state index in [0.29, 0.717) is 12.6 Å². The van der Waals surface area contributed by atoms with Gasteiger partial charge in [-0.05, 0) is 19.8 Å². The Balaban J connectivity index is 2.26. The maximum Gasteiger partial charge on any atom is 0.0619 e. The van der Waals surface area contributed by atoms with Crippen LogP contribution in [0.15, 0.2) is 0 Å². The molecule has 1 N–H and O–H groups in total. The summed E-state index contributed by atoms with van der Waals surface area (Å²) in [5.41, 5.74) is 0. The first-order chi connectivity index (χ1) is 5.84. The van der Waals surface area contributed by atoms with E-state index in [-0.39, 0.29) is 0 Å². The van der Waals surface area contributed by atoms with Crippen LogP contribution in [0.3, 0.4) is 0 Å². The van der Waals surface area contributed by atoms with Gasteiger partial charge in [-0.2, -0.15) is 0 Å². The molecule has 1 fully saturated rings. The van der Waals surface area contributed by atoms with E-state index in [9.17, 15) is 0 Å². The Morgan fingerprint density at radius 1 is 1.58 bits per heavy atom. The molecule has 1 unspecified atom stereocenters. The summed E-state index contributed by atoms with van der Waals surface area (Å²) in [4.78, 5) is 2.39. The summed E-state index contributed by atoms with van der Waals surface area (Å²) in [7, 11) is 0. The van der Waals surface area contributed by atoms with E-state index in [1.54, 1.807) is 0 Å². The van der Waals surface area contributed by atoms with Crippen molar-refractivity contribution in [1.29, 1.82) is 0 Å². The molecule has 1 aliphatic rings. The number of aliphatic hydroxyl groups is 1. The molecular weight excluding hydrogens is 154 g/mol. The zero-order chi connectivity index (χ0) is 8.81. The minimum absolute atomic E-state index is 0.296. The van der Waals surface area contributed by atoms with Gasteiger partial charge in [0.15, 0.2) is 0 Å². The van der Waals surface area contributed by atoms with Crippen molar-refractivity contribution in [3.8, 4) is 0 Å². The second-order valence-electron chi connectivity index (χ2n) is 3.39. The largest absolute Gasteiger partial charge is 0.396 e. The first-order valence-corrected chi connectivity index (χ1v) is 4.77. The lowest BCUT2D eigenvalue weighted by atomic mass is 10.2. The van der Waals surface area contributed by atoms with Crippen molar-refractivity contribution in [2.45, 2.75) is 25.8 Å². The summed E-state index contributed by atoms with van der Waals surface area (Å²) in [6.07, 6.45) is 2.00. The lowest BCUT2D eigenvalue weighted by Gasteiger charge is -2.25. The van der Waals surface area contributed by atoms with Crippen LogP contribution in [0.1, 0.15) is 19.8 Å². The van der Waals surface area contributed by atoms with Gasteiger partial charge < -0.3 is 9.84 Å². The maximum atomic E-state index is 8.70. The number of rotatable bonds is 3. The summed E-state index contributed by atoms with van der Waals surface area (Å²) >= 11 is 0. The average Bonchev–Trinajstić information content (AvgIpc) is 2.27. The molecule has 1 aliphatic heterocycles. The molecule has 0 aliphatic carbocycles. The summed E-state index contributed by atoms with van der Waals surface area (Å²) in [5.74, 6) is 0. The molecule has 72 valence electrons. The smallest absolute Gasteiger partial charge is 0.0619 e. The second-order valence-corrected chi connectivity index (χ2v) is 3.39. The van der Waals surface area contributed by atoms with Crippen LogP contribution in [0.2, 0.25) is 0 Å². The van der Waals surface area contributed by atoms with Gasteiger partial charge in [0.05, 0.1) is 6.61 Å². The Morgan fingerprint density at radius 2 is 2.42 bits per heavy atom. The summed E-state index contributed by atoms with van der Waals surface area (Å²) < 4.78 is 5.41. The molecule has 1 heterocycles. The van der Waals surface area contributed by atoms with E-state index >= 15 is 0 Å². The lowest BCUT2D eigenvalue weighted by molar-refractivity contribution is 0.105. The molecule has 12 heavy (non-hydrogen) atoms. The van der Waals surface area contributed by atoms with Gasteiger partial charge in [-0.1, -0.05) is 0 Å². The van der Waals surface area contributed by atoms with Gasteiger partial charge in [0, 0.05) is 32.3 Å². The van der Waals surface area contributed by atoms with Crippen molar-refractivity contribution in [2.75, 3.05) is 32.9 Å². The standard InChI is InChI=1S/C9H19NO2/c1-9-8-12-7-3-5-10(9)4-2-6-11/h9,11H,2-8H2,1H3. The van der Waals surface area contributed by atoms with E-state index in [2.05, 4.69) is 11.8 Å². The molecule has 1 saturated heterocycles. The second kappa shape index (κ2) is 5.51. The lowest BCUT2D eigenvalue weighted by Crippen LogP contribution is -2.36. The molecule has 0 aromatic carbocycles. The quantitative estimate of drug-likeness (QED) is 0.674. The molecule has 0 aromatic heterocycles. The topological polar surface area (TPSA) is 32.7 Å². The van der Waals surface area contributed by atoms with E-state index in [1.165, 1.54) is 0 Å². The van der Waals surface area contributed by atoms with Crippen LogP contribution in [0.4, 0.5) is 0 Å². The molecule has 0 saturated carbocycles. The number of aliphatic hydroxyl groups excluding tert-OH is 1. The van der Waals surface area contributed by atoms with Crippen LogP contribution >= 0.6 is 0 Å². The normalized spacial score (nSPS) is 27.0. The molecule has 0 bridgehead atoms. The van der Waals surface area contributed by atoms with Crippen molar-refractivity contribution in [3.63, 3.8) is 0 Å². The van der Waals surface area contributed by atoms with Gasteiger partial charge in [0.2, 0.25) is 0 Å². The Kier molecular flexibility index (Phi) is 4.58. The van der Waals surface area contributed by atoms with Crippen molar-refractivity contribution in [1.82, 2.24) is 4.90 Å². The number of hydrogen-bond donors (Lipinski definition) is 1. The number of hydrogen-bond acceptors (Lipinski definition) is 3. The van der Waals surface area contributed by atoms with Gasteiger partial charge in [0.25, 0.3) is 0 Å². The molecular formula is C9H19NO2. The molecule has 3 heteroatoms. The van der Waals surface area contributed by atoms with Crippen LogP contribution in [0, 0.1) is 0 Å². The Bertz CT molecular complexity index is 119. The Morgan fingerprint density at radius 3 is 3.17 bits per heavy atom. The van der Waals surface area contributed by atoms with Crippen LogP contribution in [0.5, 0.6) is 0 Å². The first kappa shape index (κ1) is 9.96. The van der Waals surface area contributed by atoms with Crippen LogP contribution in [-0.2, 0) is 4.74 Å². The van der Waals surface area contributed by atoms with Gasteiger partial charge in [-0.25, -0.2) is 0 Å². The van der Waals surface area contributed by atoms with E-state index in [0.717, 1.165) is 39.1 Å². The average molecular weight is 173 g/mol. The third kappa shape index (κ3) is 3.09. The van der Waals surface area contributed by atoms with Crippen LogP contribution in [0.25, 0.3) is 0 Å². The van der Waals surface area contributed by atoms with E-state index in [4.69, 9.17) is 9.84 Å². The highest BCUT2D eigenvalue weighted by atomic mass is 16.5. The highest BCUT2D eigenvalue weighted by Gasteiger charge is 2.15. The number of nitrogens with zero attached hydrogens (tertiary/aromatic N) is 1. The molecule has 0 amide bonds. The molecule has 0 spiro atoms. The minimum Gasteiger partial charge on any atom is -0.396 e. The zero-order valence-corrected chi connectivity index (χ0v) is 7.83. The minimum atomic E-state index is 0.296. The van der Waals surface area contributed by atoms with Crippen LogP contribution < -0.4 is 0 Å². The molecule has 0 radical (unpaired) electrons. The van der Waals surface area contributed by atoms with Gasteiger partial charge in [-0.3, -0.25) is 4.90 Å². The molecule has 3 nitrogen and oxygen atoms in total. The first-order valence-electron chi connectivity index (χ1n) is 4.77. The van der Waals surface area contributed by atoms with Gasteiger partial charge >= 0.3 is 0 Å².